The zero-order valence-electron chi connectivity index (χ0n) is 9.62. The van der Waals surface area contributed by atoms with Crippen molar-refractivity contribution in [1.29, 1.82) is 0 Å². The summed E-state index contributed by atoms with van der Waals surface area (Å²) in [5, 5.41) is 1.91. The number of rotatable bonds is 4. The highest BCUT2D eigenvalue weighted by Crippen LogP contribution is 2.34. The van der Waals surface area contributed by atoms with Gasteiger partial charge >= 0.3 is 0 Å². The third-order valence-corrected chi connectivity index (χ3v) is 4.68. The van der Waals surface area contributed by atoms with Crippen molar-refractivity contribution in [3.63, 3.8) is 0 Å². The second-order valence-electron chi connectivity index (χ2n) is 3.81. The van der Waals surface area contributed by atoms with Gasteiger partial charge in [0.1, 0.15) is 5.75 Å². The average Bonchev–Trinajstić information content (AvgIpc) is 2.82. The molecule has 0 N–H and O–H groups in total. The molecule has 0 bridgehead atoms. The Kier molecular flexibility index (Phi) is 4.35. The van der Waals surface area contributed by atoms with E-state index >= 15 is 0 Å². The van der Waals surface area contributed by atoms with Crippen molar-refractivity contribution in [1.82, 2.24) is 0 Å². The summed E-state index contributed by atoms with van der Waals surface area (Å²) in [5.74, 6) is -0.816. The van der Waals surface area contributed by atoms with E-state index in [1.807, 2.05) is 11.4 Å². The van der Waals surface area contributed by atoms with E-state index in [0.29, 0.717) is 6.42 Å². The van der Waals surface area contributed by atoms with E-state index in [-0.39, 0.29) is 4.83 Å². The van der Waals surface area contributed by atoms with Crippen LogP contribution in [0.2, 0.25) is 0 Å². The van der Waals surface area contributed by atoms with Crippen LogP contribution in [0.3, 0.4) is 0 Å². The molecule has 1 heterocycles. The fourth-order valence-electron chi connectivity index (χ4n) is 1.58. The summed E-state index contributed by atoms with van der Waals surface area (Å²) < 4.78 is 31.0. The summed E-state index contributed by atoms with van der Waals surface area (Å²) >= 11 is 5.12. The van der Waals surface area contributed by atoms with Gasteiger partial charge < -0.3 is 4.74 Å². The number of methoxy groups -OCH3 is 1. The summed E-state index contributed by atoms with van der Waals surface area (Å²) in [7, 11) is 1.62. The lowest BCUT2D eigenvalue weighted by Crippen LogP contribution is -1.95. The molecule has 2 rings (SSSR count). The van der Waals surface area contributed by atoms with Crippen molar-refractivity contribution in [3.05, 3.63) is 51.7 Å². The Balaban J connectivity index is 2.10. The van der Waals surface area contributed by atoms with E-state index in [4.69, 9.17) is 4.74 Å². The fourth-order valence-corrected chi connectivity index (χ4v) is 3.24. The van der Waals surface area contributed by atoms with Gasteiger partial charge in [0, 0.05) is 10.3 Å². The van der Waals surface area contributed by atoms with Crippen molar-refractivity contribution >= 4 is 27.3 Å². The SMILES string of the molecule is COc1csc(C(Br)Cc2ccc(F)c(F)c2)c1. The lowest BCUT2D eigenvalue weighted by molar-refractivity contribution is 0.416. The first kappa shape index (κ1) is 13.5. The molecule has 0 saturated carbocycles. The van der Waals surface area contributed by atoms with Crippen LogP contribution in [0.1, 0.15) is 15.3 Å². The van der Waals surface area contributed by atoms with E-state index in [1.165, 1.54) is 6.07 Å². The standard InChI is InChI=1S/C13H11BrF2OS/c1-17-9-6-13(18-7-9)10(14)4-8-2-3-11(15)12(16)5-8/h2-3,5-7,10H,4H2,1H3. The summed E-state index contributed by atoms with van der Waals surface area (Å²) in [6.45, 7) is 0. The molecule has 2 aromatic rings. The highest BCUT2D eigenvalue weighted by Gasteiger charge is 2.13. The molecule has 0 aliphatic rings. The normalized spacial score (nSPS) is 12.4. The van der Waals surface area contributed by atoms with E-state index in [9.17, 15) is 8.78 Å². The van der Waals surface area contributed by atoms with Gasteiger partial charge in [-0.25, -0.2) is 8.78 Å². The third kappa shape index (κ3) is 3.09. The van der Waals surface area contributed by atoms with Crippen LogP contribution < -0.4 is 4.74 Å². The largest absolute Gasteiger partial charge is 0.496 e. The van der Waals surface area contributed by atoms with Gasteiger partial charge in [-0.15, -0.1) is 11.3 Å². The van der Waals surface area contributed by atoms with Crippen LogP contribution in [0.4, 0.5) is 8.78 Å². The van der Waals surface area contributed by atoms with Crippen LogP contribution in [-0.4, -0.2) is 7.11 Å². The molecule has 1 aromatic heterocycles. The van der Waals surface area contributed by atoms with Gasteiger partial charge in [-0.05, 0) is 30.2 Å². The number of halogens is 3. The van der Waals surface area contributed by atoms with Crippen molar-refractivity contribution in [2.45, 2.75) is 11.2 Å². The molecule has 96 valence electrons. The Hall–Kier alpha value is -0.940. The Morgan fingerprint density at radius 3 is 2.67 bits per heavy atom. The topological polar surface area (TPSA) is 9.23 Å². The van der Waals surface area contributed by atoms with Gasteiger partial charge in [-0.3, -0.25) is 0 Å². The molecule has 5 heteroatoms. The maximum atomic E-state index is 13.1. The van der Waals surface area contributed by atoms with Crippen LogP contribution in [-0.2, 0) is 6.42 Å². The maximum absolute atomic E-state index is 13.1. The molecule has 1 aromatic carbocycles. The van der Waals surface area contributed by atoms with Crippen molar-refractivity contribution in [3.8, 4) is 5.75 Å². The molecule has 0 aliphatic carbocycles. The van der Waals surface area contributed by atoms with Crippen molar-refractivity contribution in [2.75, 3.05) is 7.11 Å². The first-order valence-corrected chi connectivity index (χ1v) is 7.10. The summed E-state index contributed by atoms with van der Waals surface area (Å²) in [6.07, 6.45) is 0.598. The zero-order valence-corrected chi connectivity index (χ0v) is 12.0. The summed E-state index contributed by atoms with van der Waals surface area (Å²) in [6, 6.07) is 5.91. The molecule has 0 spiro atoms. The van der Waals surface area contributed by atoms with Gasteiger partial charge in [0.15, 0.2) is 11.6 Å². The Morgan fingerprint density at radius 2 is 2.06 bits per heavy atom. The monoisotopic (exact) mass is 332 g/mol. The Morgan fingerprint density at radius 1 is 1.28 bits per heavy atom. The van der Waals surface area contributed by atoms with Crippen LogP contribution in [0, 0.1) is 11.6 Å². The van der Waals surface area contributed by atoms with Gasteiger partial charge in [0.2, 0.25) is 0 Å². The smallest absolute Gasteiger partial charge is 0.159 e. The molecule has 0 aliphatic heterocycles. The highest BCUT2D eigenvalue weighted by molar-refractivity contribution is 9.09. The van der Waals surface area contributed by atoms with Gasteiger partial charge in [0.25, 0.3) is 0 Å². The maximum Gasteiger partial charge on any atom is 0.159 e. The lowest BCUT2D eigenvalue weighted by Gasteiger charge is -2.07. The lowest BCUT2D eigenvalue weighted by atomic mass is 10.1. The predicted molar refractivity (Wildman–Crippen MR) is 72.6 cm³/mol. The van der Waals surface area contributed by atoms with Crippen LogP contribution in [0.15, 0.2) is 29.6 Å². The molecular formula is C13H11BrF2OS. The van der Waals surface area contributed by atoms with Gasteiger partial charge in [0.05, 0.1) is 11.9 Å². The molecule has 1 atom stereocenters. The van der Waals surface area contributed by atoms with Crippen molar-refractivity contribution in [2.24, 2.45) is 0 Å². The summed E-state index contributed by atoms with van der Waals surface area (Å²) in [5.41, 5.74) is 0.753. The molecule has 0 saturated heterocycles. The number of hydrogen-bond donors (Lipinski definition) is 0. The molecular weight excluding hydrogens is 322 g/mol. The van der Waals surface area contributed by atoms with Gasteiger partial charge in [-0.2, -0.15) is 0 Å². The third-order valence-electron chi connectivity index (χ3n) is 2.54. The van der Waals surface area contributed by atoms with Crippen molar-refractivity contribution < 1.29 is 13.5 Å². The molecule has 1 unspecified atom stereocenters. The van der Waals surface area contributed by atoms with E-state index in [1.54, 1.807) is 24.5 Å². The van der Waals surface area contributed by atoms with Crippen LogP contribution in [0.5, 0.6) is 5.75 Å². The minimum Gasteiger partial charge on any atom is -0.496 e. The average molecular weight is 333 g/mol. The Labute approximate surface area is 117 Å². The zero-order chi connectivity index (χ0) is 13.1. The van der Waals surface area contributed by atoms with E-state index in [0.717, 1.165) is 22.3 Å². The highest BCUT2D eigenvalue weighted by atomic mass is 79.9. The Bertz CT molecular complexity index is 542. The number of hydrogen-bond acceptors (Lipinski definition) is 2. The minimum absolute atomic E-state index is 0.0660. The van der Waals surface area contributed by atoms with Crippen LogP contribution in [0.25, 0.3) is 0 Å². The first-order chi connectivity index (χ1) is 8.60. The van der Waals surface area contributed by atoms with Crippen LogP contribution >= 0.6 is 27.3 Å². The second-order valence-corrected chi connectivity index (χ2v) is 5.86. The number of thiophene rings is 1. The predicted octanol–water partition coefficient (Wildman–Crippen LogP) is 4.71. The number of ether oxygens (including phenoxy) is 1. The van der Waals surface area contributed by atoms with Gasteiger partial charge in [-0.1, -0.05) is 22.0 Å². The summed E-state index contributed by atoms with van der Waals surface area (Å²) in [4.78, 5) is 1.16. The molecule has 18 heavy (non-hydrogen) atoms. The first-order valence-electron chi connectivity index (χ1n) is 5.30. The second kappa shape index (κ2) is 5.80. The number of alkyl halides is 1. The molecule has 1 nitrogen and oxygen atoms in total. The fraction of sp³-hybridized carbons (Fsp3) is 0.231. The molecule has 0 radical (unpaired) electrons. The number of benzene rings is 1. The molecule has 0 fully saturated rings. The quantitative estimate of drug-likeness (QED) is 0.736. The molecule has 0 amide bonds. The van der Waals surface area contributed by atoms with E-state index < -0.39 is 11.6 Å². The van der Waals surface area contributed by atoms with E-state index in [2.05, 4.69) is 15.9 Å². The minimum atomic E-state index is -0.817.